The molecule has 0 atom stereocenters. The van der Waals surface area contributed by atoms with Gasteiger partial charge < -0.3 is 14.6 Å². The third-order valence-corrected chi connectivity index (χ3v) is 2.73. The third-order valence-electron chi connectivity index (χ3n) is 2.73. The Morgan fingerprint density at radius 2 is 2.20 bits per heavy atom. The van der Waals surface area contributed by atoms with E-state index < -0.39 is 5.82 Å². The van der Waals surface area contributed by atoms with E-state index in [1.807, 2.05) is 27.0 Å². The van der Waals surface area contributed by atoms with E-state index in [4.69, 9.17) is 9.26 Å². The Morgan fingerprint density at radius 3 is 2.80 bits per heavy atom. The normalized spacial score (nSPS) is 11.1. The number of aromatic nitrogens is 2. The molecule has 1 heterocycles. The molecule has 1 N–H and O–H groups in total. The van der Waals surface area contributed by atoms with Crippen LogP contribution in [0.1, 0.15) is 37.0 Å². The summed E-state index contributed by atoms with van der Waals surface area (Å²) < 4.78 is 24.2. The quantitative estimate of drug-likeness (QED) is 0.880. The van der Waals surface area contributed by atoms with Gasteiger partial charge in [0.05, 0.1) is 0 Å². The zero-order chi connectivity index (χ0) is 14.5. The minimum Gasteiger partial charge on any atom is -0.481 e. The molecule has 2 aromatic rings. The van der Waals surface area contributed by atoms with Crippen molar-refractivity contribution in [3.8, 4) is 5.75 Å². The Kier molecular flexibility index (Phi) is 4.68. The van der Waals surface area contributed by atoms with Crippen LogP contribution in [0.4, 0.5) is 4.39 Å². The molecule has 2 rings (SSSR count). The van der Waals surface area contributed by atoms with Gasteiger partial charge in [0.2, 0.25) is 0 Å². The van der Waals surface area contributed by atoms with Crippen LogP contribution in [0.25, 0.3) is 0 Å². The second kappa shape index (κ2) is 6.47. The van der Waals surface area contributed by atoms with E-state index in [0.717, 1.165) is 5.56 Å². The molecule has 0 spiro atoms. The van der Waals surface area contributed by atoms with Gasteiger partial charge >= 0.3 is 0 Å². The van der Waals surface area contributed by atoms with Gasteiger partial charge in [0.25, 0.3) is 5.89 Å². The molecule has 108 valence electrons. The van der Waals surface area contributed by atoms with Crippen LogP contribution in [-0.4, -0.2) is 17.2 Å². The summed E-state index contributed by atoms with van der Waals surface area (Å²) in [6.07, 6.45) is 0. The molecule has 0 aliphatic heterocycles. The molecule has 20 heavy (non-hydrogen) atoms. The summed E-state index contributed by atoms with van der Waals surface area (Å²) >= 11 is 0. The molecular formula is C14H18FN3O2. The zero-order valence-corrected chi connectivity index (χ0v) is 11.8. The number of hydrogen-bond acceptors (Lipinski definition) is 5. The minimum absolute atomic E-state index is 0.0576. The molecule has 0 aliphatic carbocycles. The summed E-state index contributed by atoms with van der Waals surface area (Å²) in [7, 11) is 1.81. The lowest BCUT2D eigenvalue weighted by Crippen LogP contribution is -2.05. The third kappa shape index (κ3) is 3.54. The van der Waals surface area contributed by atoms with Crippen molar-refractivity contribution in [2.24, 2.45) is 0 Å². The first-order valence-electron chi connectivity index (χ1n) is 6.48. The van der Waals surface area contributed by atoms with Gasteiger partial charge in [-0.2, -0.15) is 4.98 Å². The number of ether oxygens (including phenoxy) is 1. The number of nitrogens with zero attached hydrogens (tertiary/aromatic N) is 2. The molecule has 0 fully saturated rings. The predicted octanol–water partition coefficient (Wildman–Crippen LogP) is 2.63. The molecule has 0 aliphatic rings. The average molecular weight is 279 g/mol. The van der Waals surface area contributed by atoms with Crippen molar-refractivity contribution in [2.75, 3.05) is 7.05 Å². The lowest BCUT2D eigenvalue weighted by atomic mass is 10.2. The minimum atomic E-state index is -0.402. The van der Waals surface area contributed by atoms with Crippen LogP contribution < -0.4 is 10.1 Å². The number of rotatable bonds is 6. The number of hydrogen-bond donors (Lipinski definition) is 1. The smallest absolute Gasteiger partial charge is 0.264 e. The monoisotopic (exact) mass is 279 g/mol. The summed E-state index contributed by atoms with van der Waals surface area (Å²) in [5.41, 5.74) is 0.859. The fraction of sp³-hybridized carbons (Fsp3) is 0.429. The summed E-state index contributed by atoms with van der Waals surface area (Å²) in [6.45, 7) is 4.60. The molecule has 1 aromatic heterocycles. The highest BCUT2D eigenvalue weighted by Gasteiger charge is 2.11. The second-order valence-corrected chi connectivity index (χ2v) is 4.78. The first-order valence-corrected chi connectivity index (χ1v) is 6.48. The van der Waals surface area contributed by atoms with Crippen molar-refractivity contribution in [1.29, 1.82) is 0 Å². The van der Waals surface area contributed by atoms with E-state index in [-0.39, 0.29) is 18.3 Å². The van der Waals surface area contributed by atoms with Crippen LogP contribution in [0.15, 0.2) is 22.7 Å². The largest absolute Gasteiger partial charge is 0.481 e. The van der Waals surface area contributed by atoms with Crippen LogP contribution in [0.3, 0.4) is 0 Å². The van der Waals surface area contributed by atoms with Crippen LogP contribution >= 0.6 is 0 Å². The van der Waals surface area contributed by atoms with Crippen LogP contribution in [0.2, 0.25) is 0 Å². The lowest BCUT2D eigenvalue weighted by Gasteiger charge is -2.06. The van der Waals surface area contributed by atoms with Gasteiger partial charge in [-0.15, -0.1) is 0 Å². The lowest BCUT2D eigenvalue weighted by molar-refractivity contribution is 0.234. The SMILES string of the molecule is CNCc1ccc(OCc2nc(C(C)C)no2)c(F)c1. The van der Waals surface area contributed by atoms with E-state index in [2.05, 4.69) is 15.5 Å². The molecule has 1 aromatic carbocycles. The fourth-order valence-electron chi connectivity index (χ4n) is 1.68. The topological polar surface area (TPSA) is 60.2 Å². The van der Waals surface area contributed by atoms with Crippen molar-refractivity contribution in [1.82, 2.24) is 15.5 Å². The molecule has 0 unspecified atom stereocenters. The Bertz CT molecular complexity index is 569. The van der Waals surface area contributed by atoms with E-state index in [1.54, 1.807) is 6.07 Å². The van der Waals surface area contributed by atoms with Crippen LogP contribution in [0.5, 0.6) is 5.75 Å². The maximum absolute atomic E-state index is 13.8. The van der Waals surface area contributed by atoms with Crippen LogP contribution in [0, 0.1) is 5.82 Å². The van der Waals surface area contributed by atoms with E-state index in [1.165, 1.54) is 6.07 Å². The second-order valence-electron chi connectivity index (χ2n) is 4.78. The van der Waals surface area contributed by atoms with Crippen molar-refractivity contribution in [2.45, 2.75) is 32.9 Å². The Morgan fingerprint density at radius 1 is 1.40 bits per heavy atom. The average Bonchev–Trinajstić information content (AvgIpc) is 2.87. The predicted molar refractivity (Wildman–Crippen MR) is 71.9 cm³/mol. The Hall–Kier alpha value is -1.95. The van der Waals surface area contributed by atoms with Gasteiger partial charge in [-0.3, -0.25) is 0 Å². The Balaban J connectivity index is 1.99. The Labute approximate surface area is 117 Å². The maximum atomic E-state index is 13.8. The fourth-order valence-corrected chi connectivity index (χ4v) is 1.68. The standard InChI is InChI=1S/C14H18FN3O2/c1-9(2)14-17-13(20-18-14)8-19-12-5-4-10(7-16-3)6-11(12)15/h4-6,9,16H,7-8H2,1-3H3. The van der Waals surface area contributed by atoms with Gasteiger partial charge in [0, 0.05) is 12.5 Å². The van der Waals surface area contributed by atoms with E-state index in [0.29, 0.717) is 18.3 Å². The van der Waals surface area contributed by atoms with Crippen molar-refractivity contribution in [3.05, 3.63) is 41.3 Å². The molecule has 0 saturated carbocycles. The molecule has 0 saturated heterocycles. The first kappa shape index (κ1) is 14.5. The zero-order valence-electron chi connectivity index (χ0n) is 11.8. The van der Waals surface area contributed by atoms with Crippen molar-refractivity contribution >= 4 is 0 Å². The van der Waals surface area contributed by atoms with Gasteiger partial charge in [-0.05, 0) is 24.7 Å². The first-order chi connectivity index (χ1) is 9.60. The molecular weight excluding hydrogens is 261 g/mol. The van der Waals surface area contributed by atoms with Gasteiger partial charge in [-0.25, -0.2) is 4.39 Å². The highest BCUT2D eigenvalue weighted by molar-refractivity contribution is 5.29. The molecule has 0 amide bonds. The summed E-state index contributed by atoms with van der Waals surface area (Å²) in [5.74, 6) is 0.918. The molecule has 6 heteroatoms. The highest BCUT2D eigenvalue weighted by Crippen LogP contribution is 2.20. The molecule has 5 nitrogen and oxygen atoms in total. The maximum Gasteiger partial charge on any atom is 0.264 e. The van der Waals surface area contributed by atoms with Gasteiger partial charge in [-0.1, -0.05) is 25.1 Å². The van der Waals surface area contributed by atoms with E-state index >= 15 is 0 Å². The number of nitrogens with one attached hydrogen (secondary N) is 1. The van der Waals surface area contributed by atoms with E-state index in [9.17, 15) is 4.39 Å². The number of halogens is 1. The van der Waals surface area contributed by atoms with Crippen LogP contribution in [-0.2, 0) is 13.2 Å². The highest BCUT2D eigenvalue weighted by atomic mass is 19.1. The molecule has 0 bridgehead atoms. The molecule has 0 radical (unpaired) electrons. The van der Waals surface area contributed by atoms with Crippen molar-refractivity contribution < 1.29 is 13.7 Å². The summed E-state index contributed by atoms with van der Waals surface area (Å²) in [4.78, 5) is 4.17. The summed E-state index contributed by atoms with van der Waals surface area (Å²) in [6, 6.07) is 4.85. The number of benzene rings is 1. The van der Waals surface area contributed by atoms with Gasteiger partial charge in [0.15, 0.2) is 24.0 Å². The van der Waals surface area contributed by atoms with Crippen molar-refractivity contribution in [3.63, 3.8) is 0 Å². The summed E-state index contributed by atoms with van der Waals surface area (Å²) in [5, 5.41) is 6.78. The van der Waals surface area contributed by atoms with Gasteiger partial charge in [0.1, 0.15) is 0 Å².